The van der Waals surface area contributed by atoms with Crippen LogP contribution in [0.4, 0.5) is 11.4 Å². The number of hydrogen-bond acceptors (Lipinski definition) is 8. The minimum absolute atomic E-state index is 0.0762. The molecule has 0 atom stereocenters. The van der Waals surface area contributed by atoms with Gasteiger partial charge in [0.2, 0.25) is 10.0 Å². The van der Waals surface area contributed by atoms with Crippen LogP contribution < -0.4 is 14.9 Å². The fraction of sp³-hybridized carbons (Fsp3) is 0.316. The molecule has 0 unspecified atom stereocenters. The quantitative estimate of drug-likeness (QED) is 0.385. The van der Waals surface area contributed by atoms with Crippen LogP contribution >= 0.6 is 0 Å². The number of sulfonamides is 1. The van der Waals surface area contributed by atoms with Crippen molar-refractivity contribution in [2.24, 2.45) is 5.10 Å². The molecule has 0 bridgehead atoms. The van der Waals surface area contributed by atoms with Gasteiger partial charge in [0.15, 0.2) is 11.5 Å². The van der Waals surface area contributed by atoms with E-state index in [1.54, 1.807) is 32.0 Å². The highest BCUT2D eigenvalue weighted by Gasteiger charge is 2.25. The number of nitro groups is 1. The van der Waals surface area contributed by atoms with Gasteiger partial charge in [0.05, 0.1) is 16.0 Å². The molecule has 0 amide bonds. The number of nitro benzene ring substituents is 1. The third kappa shape index (κ3) is 4.52. The molecular formula is C19H22N4O6S. The van der Waals surface area contributed by atoms with Gasteiger partial charge in [-0.25, -0.2) is 8.42 Å². The van der Waals surface area contributed by atoms with Gasteiger partial charge in [0.25, 0.3) is 5.69 Å². The Balaban J connectivity index is 1.82. The predicted octanol–water partition coefficient (Wildman–Crippen LogP) is 2.84. The van der Waals surface area contributed by atoms with Gasteiger partial charge in [0.1, 0.15) is 18.9 Å². The van der Waals surface area contributed by atoms with E-state index in [0.29, 0.717) is 30.3 Å². The summed E-state index contributed by atoms with van der Waals surface area (Å²) in [6.07, 6.45) is 1.47. The molecule has 160 valence electrons. The summed E-state index contributed by atoms with van der Waals surface area (Å²) in [6, 6.07) is 8.96. The normalized spacial score (nSPS) is 13.6. The van der Waals surface area contributed by atoms with Gasteiger partial charge in [-0.3, -0.25) is 15.5 Å². The monoisotopic (exact) mass is 434 g/mol. The van der Waals surface area contributed by atoms with E-state index in [1.807, 2.05) is 0 Å². The van der Waals surface area contributed by atoms with E-state index in [-0.39, 0.29) is 29.4 Å². The van der Waals surface area contributed by atoms with Crippen molar-refractivity contribution in [3.8, 4) is 11.5 Å². The van der Waals surface area contributed by atoms with Gasteiger partial charge in [-0.15, -0.1) is 0 Å². The number of benzene rings is 2. The lowest BCUT2D eigenvalue weighted by Gasteiger charge is -2.18. The summed E-state index contributed by atoms with van der Waals surface area (Å²) in [5.74, 6) is 1.24. The van der Waals surface area contributed by atoms with Crippen LogP contribution in [-0.2, 0) is 10.0 Å². The zero-order valence-corrected chi connectivity index (χ0v) is 17.4. The van der Waals surface area contributed by atoms with Crippen molar-refractivity contribution in [1.82, 2.24) is 4.31 Å². The van der Waals surface area contributed by atoms with E-state index in [2.05, 4.69) is 10.5 Å². The first-order chi connectivity index (χ1) is 14.4. The molecule has 11 heteroatoms. The molecule has 2 aromatic carbocycles. The molecule has 1 aliphatic heterocycles. The molecule has 1 heterocycles. The van der Waals surface area contributed by atoms with Gasteiger partial charge in [-0.05, 0) is 35.9 Å². The van der Waals surface area contributed by atoms with Crippen molar-refractivity contribution in [2.45, 2.75) is 18.7 Å². The summed E-state index contributed by atoms with van der Waals surface area (Å²) in [5, 5.41) is 15.5. The third-order valence-electron chi connectivity index (χ3n) is 4.47. The summed E-state index contributed by atoms with van der Waals surface area (Å²) in [7, 11) is -3.81. The molecule has 0 saturated heterocycles. The average Bonchev–Trinajstić information content (AvgIpc) is 2.74. The van der Waals surface area contributed by atoms with Gasteiger partial charge >= 0.3 is 0 Å². The molecule has 1 aliphatic rings. The SMILES string of the molecule is CCN(CC)S(=O)(=O)c1ccc(N/N=C\c2ccc3c(c2)OCCO3)c([N+](=O)[O-])c1. The maximum atomic E-state index is 12.6. The number of fused-ring (bicyclic) bond motifs is 1. The lowest BCUT2D eigenvalue weighted by Crippen LogP contribution is -2.30. The van der Waals surface area contributed by atoms with Crippen molar-refractivity contribution in [3.63, 3.8) is 0 Å². The third-order valence-corrected chi connectivity index (χ3v) is 6.52. The minimum atomic E-state index is -3.81. The fourth-order valence-corrected chi connectivity index (χ4v) is 4.43. The highest BCUT2D eigenvalue weighted by Crippen LogP contribution is 2.31. The smallest absolute Gasteiger partial charge is 0.295 e. The van der Waals surface area contributed by atoms with Gasteiger partial charge in [-0.2, -0.15) is 9.41 Å². The van der Waals surface area contributed by atoms with Crippen LogP contribution in [-0.4, -0.2) is 50.2 Å². The predicted molar refractivity (Wildman–Crippen MR) is 112 cm³/mol. The van der Waals surface area contributed by atoms with Gasteiger partial charge < -0.3 is 9.47 Å². The molecular weight excluding hydrogens is 412 g/mol. The lowest BCUT2D eigenvalue weighted by molar-refractivity contribution is -0.384. The summed E-state index contributed by atoms with van der Waals surface area (Å²) in [4.78, 5) is 10.7. The van der Waals surface area contributed by atoms with Gasteiger partial charge in [0, 0.05) is 19.2 Å². The Labute approximate surface area is 174 Å². The van der Waals surface area contributed by atoms with Crippen LogP contribution in [0.15, 0.2) is 46.4 Å². The number of nitrogens with zero attached hydrogens (tertiary/aromatic N) is 3. The van der Waals surface area contributed by atoms with Gasteiger partial charge in [-0.1, -0.05) is 13.8 Å². The zero-order valence-electron chi connectivity index (χ0n) is 16.6. The van der Waals surface area contributed by atoms with Crippen molar-refractivity contribution >= 4 is 27.6 Å². The van der Waals surface area contributed by atoms with Crippen LogP contribution in [0, 0.1) is 10.1 Å². The Morgan fingerprint density at radius 3 is 2.50 bits per heavy atom. The van der Waals surface area contributed by atoms with Crippen molar-refractivity contribution in [3.05, 3.63) is 52.1 Å². The highest BCUT2D eigenvalue weighted by molar-refractivity contribution is 7.89. The molecule has 1 N–H and O–H groups in total. The first kappa shape index (κ1) is 21.5. The highest BCUT2D eigenvalue weighted by atomic mass is 32.2. The first-order valence-electron chi connectivity index (χ1n) is 9.34. The topological polar surface area (TPSA) is 123 Å². The Bertz CT molecular complexity index is 1070. The number of ether oxygens (including phenoxy) is 2. The largest absolute Gasteiger partial charge is 0.486 e. The molecule has 2 aromatic rings. The number of anilines is 1. The molecule has 0 radical (unpaired) electrons. The molecule has 30 heavy (non-hydrogen) atoms. The molecule has 0 spiro atoms. The molecule has 0 aliphatic carbocycles. The number of hydrogen-bond donors (Lipinski definition) is 1. The Hall–Kier alpha value is -3.18. The second-order valence-electron chi connectivity index (χ2n) is 6.30. The maximum Gasteiger partial charge on any atom is 0.295 e. The fourth-order valence-electron chi connectivity index (χ4n) is 2.95. The van der Waals surface area contributed by atoms with Crippen molar-refractivity contribution in [1.29, 1.82) is 0 Å². The molecule has 10 nitrogen and oxygen atoms in total. The van der Waals surface area contributed by atoms with E-state index in [1.165, 1.54) is 22.7 Å². The first-order valence-corrected chi connectivity index (χ1v) is 10.8. The van der Waals surface area contributed by atoms with Crippen LogP contribution in [0.5, 0.6) is 11.5 Å². The molecule has 3 rings (SSSR count). The van der Waals surface area contributed by atoms with E-state index >= 15 is 0 Å². The Morgan fingerprint density at radius 1 is 1.13 bits per heavy atom. The van der Waals surface area contributed by atoms with E-state index in [9.17, 15) is 18.5 Å². The van der Waals surface area contributed by atoms with E-state index in [4.69, 9.17) is 9.47 Å². The lowest BCUT2D eigenvalue weighted by atomic mass is 10.2. The standard InChI is InChI=1S/C19H22N4O6S/c1-3-22(4-2)30(26,27)15-6-7-16(17(12-15)23(24)25)21-20-13-14-5-8-18-19(11-14)29-10-9-28-18/h5-8,11-13,21H,3-4,9-10H2,1-2H3/b20-13-. The molecule has 0 aromatic heterocycles. The second kappa shape index (κ2) is 9.09. The number of nitrogens with one attached hydrogen (secondary N) is 1. The zero-order chi connectivity index (χ0) is 21.7. The van der Waals surface area contributed by atoms with E-state index in [0.717, 1.165) is 6.07 Å². The van der Waals surface area contributed by atoms with Crippen molar-refractivity contribution < 1.29 is 22.8 Å². The Kier molecular flexibility index (Phi) is 6.53. The van der Waals surface area contributed by atoms with Crippen LogP contribution in [0.25, 0.3) is 0 Å². The average molecular weight is 434 g/mol. The molecule has 0 saturated carbocycles. The maximum absolute atomic E-state index is 12.6. The van der Waals surface area contributed by atoms with Crippen LogP contribution in [0.2, 0.25) is 0 Å². The van der Waals surface area contributed by atoms with Crippen LogP contribution in [0.3, 0.4) is 0 Å². The second-order valence-corrected chi connectivity index (χ2v) is 8.24. The molecule has 0 fully saturated rings. The van der Waals surface area contributed by atoms with E-state index < -0.39 is 14.9 Å². The summed E-state index contributed by atoms with van der Waals surface area (Å²) in [6.45, 7) is 4.90. The van der Waals surface area contributed by atoms with Crippen LogP contribution in [0.1, 0.15) is 19.4 Å². The Morgan fingerprint density at radius 2 is 1.83 bits per heavy atom. The minimum Gasteiger partial charge on any atom is -0.486 e. The summed E-state index contributed by atoms with van der Waals surface area (Å²) >= 11 is 0. The number of hydrazone groups is 1. The summed E-state index contributed by atoms with van der Waals surface area (Å²) in [5.41, 5.74) is 3.00. The summed E-state index contributed by atoms with van der Waals surface area (Å²) < 4.78 is 37.4. The number of rotatable bonds is 8. The van der Waals surface area contributed by atoms with Crippen molar-refractivity contribution in [2.75, 3.05) is 31.7 Å².